The van der Waals surface area contributed by atoms with E-state index in [1.54, 1.807) is 13.2 Å². The number of hydrogen-bond acceptors (Lipinski definition) is 5. The van der Waals surface area contributed by atoms with Crippen LogP contribution in [0.4, 0.5) is 0 Å². The molecule has 0 saturated carbocycles. The number of carbonyl (C=O) groups is 1. The molecule has 1 aromatic carbocycles. The Morgan fingerprint density at radius 2 is 2.04 bits per heavy atom. The molecule has 0 fully saturated rings. The minimum absolute atomic E-state index is 0.00393. The van der Waals surface area contributed by atoms with E-state index >= 15 is 0 Å². The Kier molecular flexibility index (Phi) is 7.01. The van der Waals surface area contributed by atoms with Crippen LogP contribution in [0.2, 0.25) is 0 Å². The van der Waals surface area contributed by atoms with E-state index in [-0.39, 0.29) is 5.91 Å². The maximum atomic E-state index is 12.0. The number of nitrogens with one attached hydrogen (secondary N) is 1. The van der Waals surface area contributed by atoms with Crippen molar-refractivity contribution >= 4 is 16.9 Å². The van der Waals surface area contributed by atoms with E-state index in [0.717, 1.165) is 30.3 Å². The standard InChI is InChI=1S/C19H26N2O4/c1-4-8-20-18(22)13-21(9-5-2)12-14-10-19(23)25-17-11-15(24-3)6-7-16(14)17/h6-7,10-11H,4-5,8-9,12-13H2,1-3H3,(H,20,22). The first-order valence-corrected chi connectivity index (χ1v) is 8.67. The van der Waals surface area contributed by atoms with Crippen molar-refractivity contribution < 1.29 is 13.9 Å². The zero-order valence-electron chi connectivity index (χ0n) is 15.1. The number of ether oxygens (including phenoxy) is 1. The average Bonchev–Trinajstić information content (AvgIpc) is 2.59. The molecule has 1 aromatic heterocycles. The lowest BCUT2D eigenvalue weighted by atomic mass is 10.1. The topological polar surface area (TPSA) is 71.8 Å². The fraction of sp³-hybridized carbons (Fsp3) is 0.474. The summed E-state index contributed by atoms with van der Waals surface area (Å²) < 4.78 is 10.5. The third-order valence-corrected chi connectivity index (χ3v) is 3.91. The Morgan fingerprint density at radius 3 is 2.72 bits per heavy atom. The zero-order chi connectivity index (χ0) is 18.2. The summed E-state index contributed by atoms with van der Waals surface area (Å²) in [5.41, 5.74) is 0.946. The third kappa shape index (κ3) is 5.32. The Balaban J connectivity index is 2.25. The molecule has 25 heavy (non-hydrogen) atoms. The van der Waals surface area contributed by atoms with Crippen molar-refractivity contribution in [3.8, 4) is 5.75 Å². The Hall–Kier alpha value is -2.34. The van der Waals surface area contributed by atoms with Crippen molar-refractivity contribution in [1.29, 1.82) is 0 Å². The molecule has 1 amide bonds. The first kappa shape index (κ1) is 19.0. The molecule has 0 atom stereocenters. The molecule has 136 valence electrons. The number of amides is 1. The molecular formula is C19H26N2O4. The van der Waals surface area contributed by atoms with Gasteiger partial charge in [0.05, 0.1) is 13.7 Å². The van der Waals surface area contributed by atoms with E-state index in [1.165, 1.54) is 6.07 Å². The van der Waals surface area contributed by atoms with E-state index in [4.69, 9.17) is 9.15 Å². The molecule has 1 N–H and O–H groups in total. The van der Waals surface area contributed by atoms with E-state index in [9.17, 15) is 9.59 Å². The summed E-state index contributed by atoms with van der Waals surface area (Å²) in [5.74, 6) is 0.640. The van der Waals surface area contributed by atoms with Crippen LogP contribution in [0.1, 0.15) is 32.3 Å². The number of methoxy groups -OCH3 is 1. The van der Waals surface area contributed by atoms with Gasteiger partial charge in [0.15, 0.2) is 0 Å². The average molecular weight is 346 g/mol. The van der Waals surface area contributed by atoms with Gasteiger partial charge in [-0.15, -0.1) is 0 Å². The number of rotatable bonds is 9. The second-order valence-electron chi connectivity index (χ2n) is 6.01. The van der Waals surface area contributed by atoms with Crippen LogP contribution in [0.25, 0.3) is 11.0 Å². The van der Waals surface area contributed by atoms with Gasteiger partial charge in [-0.2, -0.15) is 0 Å². The lowest BCUT2D eigenvalue weighted by Crippen LogP contribution is -2.37. The highest BCUT2D eigenvalue weighted by molar-refractivity contribution is 5.82. The summed E-state index contributed by atoms with van der Waals surface area (Å²) >= 11 is 0. The van der Waals surface area contributed by atoms with E-state index in [1.807, 2.05) is 24.0 Å². The normalized spacial score (nSPS) is 11.0. The van der Waals surface area contributed by atoms with Gasteiger partial charge in [0.1, 0.15) is 11.3 Å². The van der Waals surface area contributed by atoms with Crippen molar-refractivity contribution in [2.75, 3.05) is 26.7 Å². The highest BCUT2D eigenvalue weighted by Gasteiger charge is 2.14. The lowest BCUT2D eigenvalue weighted by Gasteiger charge is -2.21. The van der Waals surface area contributed by atoms with Crippen molar-refractivity contribution in [3.63, 3.8) is 0 Å². The van der Waals surface area contributed by atoms with Crippen LogP contribution < -0.4 is 15.7 Å². The molecule has 0 aliphatic heterocycles. The van der Waals surface area contributed by atoms with Crippen LogP contribution >= 0.6 is 0 Å². The Bertz CT molecular complexity index is 770. The molecule has 1 heterocycles. The van der Waals surface area contributed by atoms with E-state index in [0.29, 0.717) is 31.0 Å². The van der Waals surface area contributed by atoms with Gasteiger partial charge in [-0.25, -0.2) is 4.79 Å². The van der Waals surface area contributed by atoms with Crippen LogP contribution in [-0.4, -0.2) is 37.6 Å². The highest BCUT2D eigenvalue weighted by atomic mass is 16.5. The van der Waals surface area contributed by atoms with Gasteiger partial charge in [0, 0.05) is 30.6 Å². The number of carbonyl (C=O) groups excluding carboxylic acids is 1. The molecule has 0 aliphatic rings. The predicted octanol–water partition coefficient (Wildman–Crippen LogP) is 2.54. The third-order valence-electron chi connectivity index (χ3n) is 3.91. The molecule has 0 saturated heterocycles. The number of nitrogens with zero attached hydrogens (tertiary/aromatic N) is 1. The molecule has 2 rings (SSSR count). The second kappa shape index (κ2) is 9.22. The molecule has 0 unspecified atom stereocenters. The number of benzene rings is 1. The quantitative estimate of drug-likeness (QED) is 0.707. The first-order valence-electron chi connectivity index (χ1n) is 8.67. The van der Waals surface area contributed by atoms with Crippen LogP contribution in [0.3, 0.4) is 0 Å². The van der Waals surface area contributed by atoms with Crippen molar-refractivity contribution in [1.82, 2.24) is 10.2 Å². The molecule has 2 aromatic rings. The van der Waals surface area contributed by atoms with Crippen LogP contribution in [-0.2, 0) is 11.3 Å². The fourth-order valence-corrected chi connectivity index (χ4v) is 2.76. The summed E-state index contributed by atoms with van der Waals surface area (Å²) in [6, 6.07) is 6.93. The molecule has 6 nitrogen and oxygen atoms in total. The molecule has 0 radical (unpaired) electrons. The maximum Gasteiger partial charge on any atom is 0.336 e. The second-order valence-corrected chi connectivity index (χ2v) is 6.01. The van der Waals surface area contributed by atoms with Crippen LogP contribution in [0, 0.1) is 0 Å². The van der Waals surface area contributed by atoms with Gasteiger partial charge in [-0.05, 0) is 37.1 Å². The monoisotopic (exact) mass is 346 g/mol. The number of fused-ring (bicyclic) bond motifs is 1. The van der Waals surface area contributed by atoms with Crippen LogP contribution in [0.15, 0.2) is 33.5 Å². The van der Waals surface area contributed by atoms with Gasteiger partial charge in [-0.3, -0.25) is 9.69 Å². The Labute approximate surface area is 147 Å². The van der Waals surface area contributed by atoms with E-state index in [2.05, 4.69) is 12.2 Å². The molecule has 0 aliphatic carbocycles. The van der Waals surface area contributed by atoms with E-state index < -0.39 is 5.63 Å². The summed E-state index contributed by atoms with van der Waals surface area (Å²) in [5, 5.41) is 3.75. The SMILES string of the molecule is CCCNC(=O)CN(CCC)Cc1cc(=O)oc2cc(OC)ccc12. The van der Waals surface area contributed by atoms with Crippen molar-refractivity contribution in [2.24, 2.45) is 0 Å². The van der Waals surface area contributed by atoms with Gasteiger partial charge in [0.2, 0.25) is 5.91 Å². The first-order chi connectivity index (χ1) is 12.1. The Morgan fingerprint density at radius 1 is 1.24 bits per heavy atom. The lowest BCUT2D eigenvalue weighted by molar-refractivity contribution is -0.122. The maximum absolute atomic E-state index is 12.0. The van der Waals surface area contributed by atoms with Crippen molar-refractivity contribution in [3.05, 3.63) is 40.2 Å². The minimum atomic E-state index is -0.400. The number of hydrogen-bond donors (Lipinski definition) is 1. The largest absolute Gasteiger partial charge is 0.497 e. The molecule has 0 bridgehead atoms. The van der Waals surface area contributed by atoms with Crippen molar-refractivity contribution in [2.45, 2.75) is 33.2 Å². The van der Waals surface area contributed by atoms with Crippen LogP contribution in [0.5, 0.6) is 5.75 Å². The highest BCUT2D eigenvalue weighted by Crippen LogP contribution is 2.23. The summed E-state index contributed by atoms with van der Waals surface area (Å²) in [6.07, 6.45) is 1.83. The van der Waals surface area contributed by atoms with Gasteiger partial charge < -0.3 is 14.5 Å². The van der Waals surface area contributed by atoms with Gasteiger partial charge >= 0.3 is 5.63 Å². The zero-order valence-corrected chi connectivity index (χ0v) is 15.1. The molecular weight excluding hydrogens is 320 g/mol. The van der Waals surface area contributed by atoms with Gasteiger partial charge in [-0.1, -0.05) is 13.8 Å². The smallest absolute Gasteiger partial charge is 0.336 e. The summed E-state index contributed by atoms with van der Waals surface area (Å²) in [6.45, 7) is 6.37. The summed E-state index contributed by atoms with van der Waals surface area (Å²) in [4.78, 5) is 26.0. The minimum Gasteiger partial charge on any atom is -0.497 e. The molecule has 6 heteroatoms. The summed E-state index contributed by atoms with van der Waals surface area (Å²) in [7, 11) is 1.57. The predicted molar refractivity (Wildman–Crippen MR) is 97.9 cm³/mol. The fourth-order valence-electron chi connectivity index (χ4n) is 2.76. The van der Waals surface area contributed by atoms with Gasteiger partial charge in [0.25, 0.3) is 0 Å². The molecule has 0 spiro atoms.